The van der Waals surface area contributed by atoms with Crippen molar-refractivity contribution in [3.8, 4) is 0 Å². The predicted molar refractivity (Wildman–Crippen MR) is 90.6 cm³/mol. The maximum atomic E-state index is 3.34. The number of nitrogens with one attached hydrogen (secondary N) is 1. The van der Waals surface area contributed by atoms with E-state index in [1.807, 2.05) is 0 Å². The Kier molecular flexibility index (Phi) is 4.57. The molecular weight excluding hydrogens is 256 g/mol. The molecule has 0 amide bonds. The molecule has 3 rings (SSSR count). The smallest absolute Gasteiger partial charge is 0.0326 e. The van der Waals surface area contributed by atoms with Crippen molar-refractivity contribution in [3.63, 3.8) is 0 Å². The molecule has 0 spiro atoms. The van der Waals surface area contributed by atoms with Gasteiger partial charge in [0.2, 0.25) is 0 Å². The molecule has 0 radical (unpaired) electrons. The SMILES string of the molecule is CNCC1CCCN(C(C)c2cccc3ccccc23)C1. The number of hydrogen-bond acceptors (Lipinski definition) is 2. The molecule has 0 aromatic heterocycles. The first kappa shape index (κ1) is 14.6. The fourth-order valence-electron chi connectivity index (χ4n) is 3.72. The van der Waals surface area contributed by atoms with Crippen LogP contribution >= 0.6 is 0 Å². The lowest BCUT2D eigenvalue weighted by atomic mass is 9.93. The molecule has 1 N–H and O–H groups in total. The minimum absolute atomic E-state index is 0.496. The third kappa shape index (κ3) is 3.12. The van der Waals surface area contributed by atoms with Crippen LogP contribution in [0.5, 0.6) is 0 Å². The minimum atomic E-state index is 0.496. The van der Waals surface area contributed by atoms with Crippen molar-refractivity contribution in [2.24, 2.45) is 5.92 Å². The van der Waals surface area contributed by atoms with Gasteiger partial charge in [-0.2, -0.15) is 0 Å². The van der Waals surface area contributed by atoms with Gasteiger partial charge in [-0.3, -0.25) is 4.90 Å². The van der Waals surface area contributed by atoms with E-state index >= 15 is 0 Å². The summed E-state index contributed by atoms with van der Waals surface area (Å²) in [6.45, 7) is 5.94. The van der Waals surface area contributed by atoms with Gasteiger partial charge in [0.25, 0.3) is 0 Å². The fourth-order valence-corrected chi connectivity index (χ4v) is 3.72. The molecule has 2 aromatic rings. The summed E-state index contributed by atoms with van der Waals surface area (Å²) in [4.78, 5) is 2.66. The first-order valence-corrected chi connectivity index (χ1v) is 8.16. The number of likely N-dealkylation sites (tertiary alicyclic amines) is 1. The largest absolute Gasteiger partial charge is 0.319 e. The van der Waals surface area contributed by atoms with Crippen LogP contribution in [0.15, 0.2) is 42.5 Å². The summed E-state index contributed by atoms with van der Waals surface area (Å²) in [5.74, 6) is 0.793. The van der Waals surface area contributed by atoms with Gasteiger partial charge in [-0.15, -0.1) is 0 Å². The second-order valence-electron chi connectivity index (χ2n) is 6.31. The highest BCUT2D eigenvalue weighted by atomic mass is 15.2. The summed E-state index contributed by atoms with van der Waals surface area (Å²) in [7, 11) is 2.06. The van der Waals surface area contributed by atoms with Crippen molar-refractivity contribution in [1.29, 1.82) is 0 Å². The highest BCUT2D eigenvalue weighted by molar-refractivity contribution is 5.86. The Hall–Kier alpha value is -1.38. The molecule has 1 aliphatic heterocycles. The standard InChI is InChI=1S/C19H26N2/c1-15(21-12-6-7-16(14-21)13-20-2)18-11-5-9-17-8-3-4-10-19(17)18/h3-5,8-11,15-16,20H,6-7,12-14H2,1-2H3. The van der Waals surface area contributed by atoms with Gasteiger partial charge in [0, 0.05) is 12.6 Å². The Morgan fingerprint density at radius 1 is 1.19 bits per heavy atom. The lowest BCUT2D eigenvalue weighted by Crippen LogP contribution is -2.40. The number of piperidine rings is 1. The summed E-state index contributed by atoms with van der Waals surface area (Å²) >= 11 is 0. The quantitative estimate of drug-likeness (QED) is 0.917. The second kappa shape index (κ2) is 6.59. The van der Waals surface area contributed by atoms with E-state index in [0.29, 0.717) is 6.04 Å². The van der Waals surface area contributed by atoms with Gasteiger partial charge < -0.3 is 5.32 Å². The summed E-state index contributed by atoms with van der Waals surface area (Å²) < 4.78 is 0. The Morgan fingerprint density at radius 3 is 2.86 bits per heavy atom. The lowest BCUT2D eigenvalue weighted by molar-refractivity contribution is 0.132. The van der Waals surface area contributed by atoms with E-state index in [4.69, 9.17) is 0 Å². The van der Waals surface area contributed by atoms with Crippen molar-refractivity contribution in [1.82, 2.24) is 10.2 Å². The zero-order valence-corrected chi connectivity index (χ0v) is 13.2. The van der Waals surface area contributed by atoms with Gasteiger partial charge in [-0.25, -0.2) is 0 Å². The van der Waals surface area contributed by atoms with Crippen LogP contribution in [0.3, 0.4) is 0 Å². The summed E-state index contributed by atoms with van der Waals surface area (Å²) in [6, 6.07) is 16.0. The first-order valence-electron chi connectivity index (χ1n) is 8.16. The van der Waals surface area contributed by atoms with E-state index in [1.54, 1.807) is 0 Å². The number of hydrogen-bond donors (Lipinski definition) is 1. The molecule has 0 bridgehead atoms. The van der Waals surface area contributed by atoms with Crippen LogP contribution in [0.25, 0.3) is 10.8 Å². The molecule has 0 aliphatic carbocycles. The third-order valence-corrected chi connectivity index (χ3v) is 4.86. The molecule has 1 fully saturated rings. The van der Waals surface area contributed by atoms with Crippen LogP contribution < -0.4 is 5.32 Å². The van der Waals surface area contributed by atoms with Crippen molar-refractivity contribution >= 4 is 10.8 Å². The Balaban J connectivity index is 1.84. The van der Waals surface area contributed by atoms with Crippen LogP contribution in [0.1, 0.15) is 31.4 Å². The molecule has 1 aliphatic rings. The van der Waals surface area contributed by atoms with Gasteiger partial charge in [-0.05, 0) is 62.2 Å². The van der Waals surface area contributed by atoms with E-state index in [-0.39, 0.29) is 0 Å². The van der Waals surface area contributed by atoms with Gasteiger partial charge in [0.1, 0.15) is 0 Å². The van der Waals surface area contributed by atoms with E-state index in [1.165, 1.54) is 42.3 Å². The van der Waals surface area contributed by atoms with Crippen LogP contribution in [-0.4, -0.2) is 31.6 Å². The molecule has 21 heavy (non-hydrogen) atoms. The van der Waals surface area contributed by atoms with Gasteiger partial charge in [0.15, 0.2) is 0 Å². The summed E-state index contributed by atoms with van der Waals surface area (Å²) in [6.07, 6.45) is 2.68. The minimum Gasteiger partial charge on any atom is -0.319 e. The highest BCUT2D eigenvalue weighted by Gasteiger charge is 2.24. The lowest BCUT2D eigenvalue weighted by Gasteiger charge is -2.37. The topological polar surface area (TPSA) is 15.3 Å². The zero-order valence-electron chi connectivity index (χ0n) is 13.2. The van der Waals surface area contributed by atoms with E-state index in [0.717, 1.165) is 12.5 Å². The highest BCUT2D eigenvalue weighted by Crippen LogP contribution is 2.31. The van der Waals surface area contributed by atoms with E-state index in [9.17, 15) is 0 Å². The molecular formula is C19H26N2. The van der Waals surface area contributed by atoms with Crippen LogP contribution in [-0.2, 0) is 0 Å². The Labute approximate surface area is 128 Å². The molecule has 2 heteroatoms. The zero-order chi connectivity index (χ0) is 14.7. The average Bonchev–Trinajstić information content (AvgIpc) is 2.54. The van der Waals surface area contributed by atoms with Gasteiger partial charge >= 0.3 is 0 Å². The van der Waals surface area contributed by atoms with Gasteiger partial charge in [0.05, 0.1) is 0 Å². The fraction of sp³-hybridized carbons (Fsp3) is 0.474. The molecule has 112 valence electrons. The molecule has 1 heterocycles. The molecule has 2 nitrogen and oxygen atoms in total. The molecule has 1 saturated heterocycles. The van der Waals surface area contributed by atoms with Crippen molar-refractivity contribution < 1.29 is 0 Å². The molecule has 2 atom stereocenters. The molecule has 0 saturated carbocycles. The average molecular weight is 282 g/mol. The van der Waals surface area contributed by atoms with E-state index < -0.39 is 0 Å². The van der Waals surface area contributed by atoms with Crippen molar-refractivity contribution in [3.05, 3.63) is 48.0 Å². The van der Waals surface area contributed by atoms with E-state index in [2.05, 4.69) is 66.7 Å². The van der Waals surface area contributed by atoms with Crippen LogP contribution in [0.2, 0.25) is 0 Å². The summed E-state index contributed by atoms with van der Waals surface area (Å²) in [5, 5.41) is 6.10. The number of rotatable bonds is 4. The normalized spacial score (nSPS) is 21.5. The first-order chi connectivity index (χ1) is 10.3. The van der Waals surface area contributed by atoms with Crippen molar-refractivity contribution in [2.45, 2.75) is 25.8 Å². The number of benzene rings is 2. The maximum Gasteiger partial charge on any atom is 0.0326 e. The van der Waals surface area contributed by atoms with Crippen LogP contribution in [0, 0.1) is 5.92 Å². The maximum absolute atomic E-state index is 3.34. The monoisotopic (exact) mass is 282 g/mol. The summed E-state index contributed by atoms with van der Waals surface area (Å²) in [5.41, 5.74) is 1.47. The molecule has 2 aromatic carbocycles. The Morgan fingerprint density at radius 2 is 2.00 bits per heavy atom. The van der Waals surface area contributed by atoms with Crippen molar-refractivity contribution in [2.75, 3.05) is 26.7 Å². The Bertz CT molecular complexity index is 586. The number of fused-ring (bicyclic) bond motifs is 1. The number of nitrogens with zero attached hydrogens (tertiary/aromatic N) is 1. The van der Waals surface area contributed by atoms with Gasteiger partial charge in [-0.1, -0.05) is 42.5 Å². The molecule has 2 unspecified atom stereocenters. The van der Waals surface area contributed by atoms with Crippen LogP contribution in [0.4, 0.5) is 0 Å². The second-order valence-corrected chi connectivity index (χ2v) is 6.31. The predicted octanol–water partition coefficient (Wildman–Crippen LogP) is 3.83. The third-order valence-electron chi connectivity index (χ3n) is 4.86.